The normalized spacial score (nSPS) is 11.2. The number of aromatic nitrogens is 2. The summed E-state index contributed by atoms with van der Waals surface area (Å²) in [6.07, 6.45) is 3.95. The van der Waals surface area contributed by atoms with Crippen LogP contribution in [0.15, 0.2) is 30.6 Å². The molecule has 0 saturated carbocycles. The van der Waals surface area contributed by atoms with Crippen LogP contribution in [0.5, 0.6) is 0 Å². The van der Waals surface area contributed by atoms with Gasteiger partial charge in [0.2, 0.25) is 0 Å². The van der Waals surface area contributed by atoms with Crippen LogP contribution in [-0.2, 0) is 13.1 Å². The van der Waals surface area contributed by atoms with Crippen LogP contribution in [0, 0.1) is 5.92 Å². The highest BCUT2D eigenvalue weighted by Gasteiger charge is 2.03. The van der Waals surface area contributed by atoms with Crippen molar-refractivity contribution in [2.75, 3.05) is 6.54 Å². The lowest BCUT2D eigenvalue weighted by Crippen LogP contribution is -2.18. The standard InChI is InChI=1S/C15H19Cl2N3/c1-11(2)6-18-7-13-8-19-20(10-13)9-12-3-4-14(16)15(17)5-12/h3-5,8,10-11,18H,6-7,9H2,1-2H3. The fourth-order valence-corrected chi connectivity index (χ4v) is 2.24. The van der Waals surface area contributed by atoms with E-state index in [-0.39, 0.29) is 0 Å². The first-order valence-electron chi connectivity index (χ1n) is 6.70. The molecule has 0 saturated heterocycles. The van der Waals surface area contributed by atoms with Crippen LogP contribution < -0.4 is 5.32 Å². The van der Waals surface area contributed by atoms with E-state index in [1.807, 2.05) is 29.1 Å². The van der Waals surface area contributed by atoms with Gasteiger partial charge in [-0.05, 0) is 30.2 Å². The third-order valence-electron chi connectivity index (χ3n) is 2.90. The molecule has 0 amide bonds. The van der Waals surface area contributed by atoms with Crippen LogP contribution >= 0.6 is 23.2 Å². The second-order valence-corrected chi connectivity index (χ2v) is 6.13. The second-order valence-electron chi connectivity index (χ2n) is 5.32. The quantitative estimate of drug-likeness (QED) is 0.874. The maximum Gasteiger partial charge on any atom is 0.0660 e. The Morgan fingerprint density at radius 3 is 2.70 bits per heavy atom. The Morgan fingerprint density at radius 2 is 2.00 bits per heavy atom. The highest BCUT2D eigenvalue weighted by atomic mass is 35.5. The molecule has 2 rings (SSSR count). The van der Waals surface area contributed by atoms with Crippen molar-refractivity contribution in [1.29, 1.82) is 0 Å². The number of rotatable bonds is 6. The summed E-state index contributed by atoms with van der Waals surface area (Å²) in [4.78, 5) is 0. The first-order chi connectivity index (χ1) is 9.54. The average Bonchev–Trinajstić information content (AvgIpc) is 2.81. The highest BCUT2D eigenvalue weighted by Crippen LogP contribution is 2.22. The molecule has 108 valence electrons. The molecule has 1 N–H and O–H groups in total. The topological polar surface area (TPSA) is 29.9 Å². The van der Waals surface area contributed by atoms with Gasteiger partial charge in [0, 0.05) is 18.3 Å². The molecule has 0 unspecified atom stereocenters. The molecule has 0 aliphatic carbocycles. The van der Waals surface area contributed by atoms with Crippen molar-refractivity contribution in [2.45, 2.75) is 26.9 Å². The molecule has 1 heterocycles. The van der Waals surface area contributed by atoms with Gasteiger partial charge in [0.15, 0.2) is 0 Å². The minimum Gasteiger partial charge on any atom is -0.312 e. The van der Waals surface area contributed by atoms with E-state index in [4.69, 9.17) is 23.2 Å². The molecule has 5 heteroatoms. The van der Waals surface area contributed by atoms with Crippen molar-refractivity contribution in [3.63, 3.8) is 0 Å². The fourth-order valence-electron chi connectivity index (χ4n) is 1.91. The first-order valence-corrected chi connectivity index (χ1v) is 7.46. The first kappa shape index (κ1) is 15.4. The van der Waals surface area contributed by atoms with Gasteiger partial charge in [-0.1, -0.05) is 43.1 Å². The van der Waals surface area contributed by atoms with Gasteiger partial charge in [-0.15, -0.1) is 0 Å². The molecule has 0 aliphatic heterocycles. The highest BCUT2D eigenvalue weighted by molar-refractivity contribution is 6.42. The van der Waals surface area contributed by atoms with Crippen molar-refractivity contribution < 1.29 is 0 Å². The fraction of sp³-hybridized carbons (Fsp3) is 0.400. The lowest BCUT2D eigenvalue weighted by molar-refractivity contribution is 0.552. The molecule has 2 aromatic rings. The monoisotopic (exact) mass is 311 g/mol. The Morgan fingerprint density at radius 1 is 1.20 bits per heavy atom. The van der Waals surface area contributed by atoms with Crippen LogP contribution in [0.4, 0.5) is 0 Å². The molecule has 3 nitrogen and oxygen atoms in total. The van der Waals surface area contributed by atoms with Gasteiger partial charge in [0.05, 0.1) is 22.8 Å². The largest absolute Gasteiger partial charge is 0.312 e. The Kier molecular flexibility index (Phi) is 5.46. The number of nitrogens with zero attached hydrogens (tertiary/aromatic N) is 2. The van der Waals surface area contributed by atoms with E-state index in [2.05, 4.69) is 30.5 Å². The van der Waals surface area contributed by atoms with Crippen LogP contribution in [0.2, 0.25) is 10.0 Å². The van der Waals surface area contributed by atoms with Gasteiger partial charge in [0.1, 0.15) is 0 Å². The molecule has 0 radical (unpaired) electrons. The Balaban J connectivity index is 1.93. The minimum atomic E-state index is 0.578. The van der Waals surface area contributed by atoms with E-state index in [1.165, 1.54) is 5.56 Å². The smallest absolute Gasteiger partial charge is 0.0660 e. The average molecular weight is 312 g/mol. The lowest BCUT2D eigenvalue weighted by atomic mass is 10.2. The van der Waals surface area contributed by atoms with Crippen LogP contribution in [0.3, 0.4) is 0 Å². The van der Waals surface area contributed by atoms with Crippen molar-refractivity contribution in [3.8, 4) is 0 Å². The Hall–Kier alpha value is -1.03. The Labute approximate surface area is 129 Å². The summed E-state index contributed by atoms with van der Waals surface area (Å²) < 4.78 is 1.91. The molecule has 0 aliphatic rings. The van der Waals surface area contributed by atoms with Gasteiger partial charge in [0.25, 0.3) is 0 Å². The summed E-state index contributed by atoms with van der Waals surface area (Å²) in [6, 6.07) is 5.66. The molecule has 1 aromatic heterocycles. The van der Waals surface area contributed by atoms with E-state index in [0.717, 1.165) is 18.7 Å². The molecular weight excluding hydrogens is 293 g/mol. The Bertz CT molecular complexity index is 564. The van der Waals surface area contributed by atoms with Gasteiger partial charge in [-0.25, -0.2) is 0 Å². The maximum atomic E-state index is 6.01. The van der Waals surface area contributed by atoms with Gasteiger partial charge in [-0.2, -0.15) is 5.10 Å². The second kappa shape index (κ2) is 7.11. The van der Waals surface area contributed by atoms with Crippen LogP contribution in [0.1, 0.15) is 25.0 Å². The summed E-state index contributed by atoms with van der Waals surface area (Å²) in [5.74, 6) is 0.654. The van der Waals surface area contributed by atoms with Gasteiger partial charge >= 0.3 is 0 Å². The van der Waals surface area contributed by atoms with Crippen molar-refractivity contribution in [3.05, 3.63) is 51.8 Å². The number of nitrogens with one attached hydrogen (secondary N) is 1. The van der Waals surface area contributed by atoms with E-state index < -0.39 is 0 Å². The number of benzene rings is 1. The van der Waals surface area contributed by atoms with Crippen LogP contribution in [0.25, 0.3) is 0 Å². The summed E-state index contributed by atoms with van der Waals surface area (Å²) in [6.45, 7) is 6.94. The summed E-state index contributed by atoms with van der Waals surface area (Å²) in [5.41, 5.74) is 2.27. The predicted octanol–water partition coefficient (Wildman–Crippen LogP) is 3.98. The van der Waals surface area contributed by atoms with E-state index in [9.17, 15) is 0 Å². The van der Waals surface area contributed by atoms with Crippen molar-refractivity contribution in [1.82, 2.24) is 15.1 Å². The maximum absolute atomic E-state index is 6.01. The zero-order valence-corrected chi connectivity index (χ0v) is 13.2. The summed E-state index contributed by atoms with van der Waals surface area (Å²) in [5, 5.41) is 8.92. The molecule has 20 heavy (non-hydrogen) atoms. The third-order valence-corrected chi connectivity index (χ3v) is 3.64. The van der Waals surface area contributed by atoms with E-state index in [0.29, 0.717) is 22.5 Å². The zero-order valence-electron chi connectivity index (χ0n) is 11.7. The number of halogens is 2. The molecule has 0 fully saturated rings. The van der Waals surface area contributed by atoms with E-state index in [1.54, 1.807) is 0 Å². The molecule has 1 aromatic carbocycles. The zero-order chi connectivity index (χ0) is 14.5. The summed E-state index contributed by atoms with van der Waals surface area (Å²) >= 11 is 11.9. The van der Waals surface area contributed by atoms with Gasteiger partial charge < -0.3 is 5.32 Å². The van der Waals surface area contributed by atoms with E-state index >= 15 is 0 Å². The number of hydrogen-bond donors (Lipinski definition) is 1. The lowest BCUT2D eigenvalue weighted by Gasteiger charge is -2.05. The van der Waals surface area contributed by atoms with Crippen LogP contribution in [-0.4, -0.2) is 16.3 Å². The third kappa shape index (κ3) is 4.51. The SMILES string of the molecule is CC(C)CNCc1cnn(Cc2ccc(Cl)c(Cl)c2)c1. The van der Waals surface area contributed by atoms with Crippen molar-refractivity contribution >= 4 is 23.2 Å². The molecule has 0 bridgehead atoms. The molecular formula is C15H19Cl2N3. The predicted molar refractivity (Wildman–Crippen MR) is 84.3 cm³/mol. The number of hydrogen-bond acceptors (Lipinski definition) is 2. The minimum absolute atomic E-state index is 0.578. The van der Waals surface area contributed by atoms with Crippen molar-refractivity contribution in [2.24, 2.45) is 5.92 Å². The van der Waals surface area contributed by atoms with Gasteiger partial charge in [-0.3, -0.25) is 4.68 Å². The summed E-state index contributed by atoms with van der Waals surface area (Å²) in [7, 11) is 0. The molecule has 0 atom stereocenters. The molecule has 0 spiro atoms.